The van der Waals surface area contributed by atoms with E-state index in [2.05, 4.69) is 26.2 Å². The average Bonchev–Trinajstić information content (AvgIpc) is 2.36. The van der Waals surface area contributed by atoms with Gasteiger partial charge in [0.1, 0.15) is 4.60 Å². The number of nitriles is 1. The van der Waals surface area contributed by atoms with E-state index in [4.69, 9.17) is 5.26 Å². The zero-order valence-electron chi connectivity index (χ0n) is 9.51. The third-order valence-corrected chi connectivity index (χ3v) is 2.70. The van der Waals surface area contributed by atoms with Crippen LogP contribution in [0, 0.1) is 11.3 Å². The SMILES string of the molecule is Cn1cc(Br)nc(Nc2ccc(C#N)cc2)c1=O. The van der Waals surface area contributed by atoms with E-state index in [0.717, 1.165) is 0 Å². The molecule has 0 spiro atoms. The van der Waals surface area contributed by atoms with Crippen molar-refractivity contribution in [3.8, 4) is 6.07 Å². The highest BCUT2D eigenvalue weighted by molar-refractivity contribution is 9.10. The molecule has 90 valence electrons. The summed E-state index contributed by atoms with van der Waals surface area (Å²) in [4.78, 5) is 15.9. The van der Waals surface area contributed by atoms with E-state index in [9.17, 15) is 4.79 Å². The Morgan fingerprint density at radius 1 is 1.39 bits per heavy atom. The second-order valence-corrected chi connectivity index (χ2v) is 4.45. The predicted molar refractivity (Wildman–Crippen MR) is 71.6 cm³/mol. The molecule has 0 radical (unpaired) electrons. The number of rotatable bonds is 2. The summed E-state index contributed by atoms with van der Waals surface area (Å²) in [7, 11) is 1.65. The van der Waals surface area contributed by atoms with E-state index < -0.39 is 0 Å². The Bertz CT molecular complexity index is 670. The van der Waals surface area contributed by atoms with Crippen LogP contribution in [0.15, 0.2) is 39.9 Å². The lowest BCUT2D eigenvalue weighted by molar-refractivity contribution is 0.837. The smallest absolute Gasteiger partial charge is 0.293 e. The maximum atomic E-state index is 11.8. The highest BCUT2D eigenvalue weighted by Crippen LogP contribution is 2.14. The molecule has 0 aliphatic carbocycles. The number of nitrogens with one attached hydrogen (secondary N) is 1. The van der Waals surface area contributed by atoms with Crippen molar-refractivity contribution in [1.82, 2.24) is 9.55 Å². The maximum Gasteiger partial charge on any atom is 0.293 e. The Kier molecular flexibility index (Phi) is 3.44. The number of benzene rings is 1. The van der Waals surface area contributed by atoms with Gasteiger partial charge in [-0.25, -0.2) is 4.98 Å². The molecule has 0 unspecified atom stereocenters. The third kappa shape index (κ3) is 2.57. The number of aromatic nitrogens is 2. The van der Waals surface area contributed by atoms with Crippen LogP contribution in [0.5, 0.6) is 0 Å². The van der Waals surface area contributed by atoms with Crippen molar-refractivity contribution < 1.29 is 0 Å². The molecule has 0 aliphatic heterocycles. The third-order valence-electron chi connectivity index (χ3n) is 2.32. The molecule has 0 saturated heterocycles. The fourth-order valence-corrected chi connectivity index (χ4v) is 1.90. The lowest BCUT2D eigenvalue weighted by atomic mass is 10.2. The van der Waals surface area contributed by atoms with Crippen molar-refractivity contribution in [3.05, 3.63) is 51.0 Å². The highest BCUT2D eigenvalue weighted by Gasteiger charge is 2.05. The zero-order chi connectivity index (χ0) is 13.1. The van der Waals surface area contributed by atoms with Crippen LogP contribution in [-0.2, 0) is 7.05 Å². The summed E-state index contributed by atoms with van der Waals surface area (Å²) in [6.07, 6.45) is 1.59. The second-order valence-electron chi connectivity index (χ2n) is 3.64. The molecule has 18 heavy (non-hydrogen) atoms. The minimum atomic E-state index is -0.220. The fraction of sp³-hybridized carbons (Fsp3) is 0.0833. The first-order chi connectivity index (χ1) is 8.60. The molecule has 1 heterocycles. The quantitative estimate of drug-likeness (QED) is 0.923. The Labute approximate surface area is 112 Å². The molecule has 0 bridgehead atoms. The Hall–Kier alpha value is -2.13. The van der Waals surface area contributed by atoms with Gasteiger partial charge in [0, 0.05) is 18.9 Å². The van der Waals surface area contributed by atoms with Gasteiger partial charge in [-0.1, -0.05) is 0 Å². The van der Waals surface area contributed by atoms with Crippen molar-refractivity contribution in [2.75, 3.05) is 5.32 Å². The Morgan fingerprint density at radius 3 is 2.67 bits per heavy atom. The first-order valence-corrected chi connectivity index (χ1v) is 5.90. The van der Waals surface area contributed by atoms with Gasteiger partial charge in [0.25, 0.3) is 5.56 Å². The molecule has 5 nitrogen and oxygen atoms in total. The maximum absolute atomic E-state index is 11.8. The topological polar surface area (TPSA) is 70.7 Å². The minimum Gasteiger partial charge on any atom is -0.336 e. The highest BCUT2D eigenvalue weighted by atomic mass is 79.9. The molecular weight excluding hydrogens is 296 g/mol. The van der Waals surface area contributed by atoms with Gasteiger partial charge in [0.2, 0.25) is 0 Å². The lowest BCUT2D eigenvalue weighted by Gasteiger charge is -2.07. The molecule has 2 aromatic rings. The zero-order valence-corrected chi connectivity index (χ0v) is 11.1. The van der Waals surface area contributed by atoms with Gasteiger partial charge in [-0.05, 0) is 40.2 Å². The standard InChI is InChI=1S/C12H9BrN4O/c1-17-7-10(13)16-11(12(17)18)15-9-4-2-8(6-14)3-5-9/h2-5,7H,1H3,(H,15,16). The molecule has 0 amide bonds. The van der Waals surface area contributed by atoms with Gasteiger partial charge in [-0.2, -0.15) is 5.26 Å². The number of anilines is 2. The predicted octanol–water partition coefficient (Wildman–Crippen LogP) is 2.16. The Morgan fingerprint density at radius 2 is 2.06 bits per heavy atom. The molecule has 2 rings (SSSR count). The van der Waals surface area contributed by atoms with Gasteiger partial charge < -0.3 is 9.88 Å². The summed E-state index contributed by atoms with van der Waals surface area (Å²) in [5, 5.41) is 11.6. The molecule has 0 fully saturated rings. The number of aryl methyl sites for hydroxylation is 1. The van der Waals surface area contributed by atoms with Crippen LogP contribution >= 0.6 is 15.9 Å². The first-order valence-electron chi connectivity index (χ1n) is 5.10. The monoisotopic (exact) mass is 304 g/mol. The summed E-state index contributed by atoms with van der Waals surface area (Å²) in [5.74, 6) is 0.233. The van der Waals surface area contributed by atoms with Crippen molar-refractivity contribution in [3.63, 3.8) is 0 Å². The molecule has 6 heteroatoms. The summed E-state index contributed by atoms with van der Waals surface area (Å²) < 4.78 is 2.00. The molecular formula is C12H9BrN4O. The number of hydrogen-bond acceptors (Lipinski definition) is 4. The normalized spacial score (nSPS) is 9.83. The van der Waals surface area contributed by atoms with Crippen LogP contribution in [-0.4, -0.2) is 9.55 Å². The van der Waals surface area contributed by atoms with E-state index in [-0.39, 0.29) is 11.4 Å². The van der Waals surface area contributed by atoms with Crippen molar-refractivity contribution in [1.29, 1.82) is 5.26 Å². The van der Waals surface area contributed by atoms with E-state index in [1.165, 1.54) is 4.57 Å². The van der Waals surface area contributed by atoms with Crippen LogP contribution in [0.25, 0.3) is 0 Å². The van der Waals surface area contributed by atoms with Gasteiger partial charge in [0.05, 0.1) is 11.6 Å². The van der Waals surface area contributed by atoms with Crippen LogP contribution in [0.2, 0.25) is 0 Å². The van der Waals surface area contributed by atoms with Crippen LogP contribution < -0.4 is 10.9 Å². The van der Waals surface area contributed by atoms with E-state index in [0.29, 0.717) is 15.9 Å². The lowest BCUT2D eigenvalue weighted by Crippen LogP contribution is -2.20. The number of hydrogen-bond donors (Lipinski definition) is 1. The first kappa shape index (κ1) is 12.3. The summed E-state index contributed by atoms with van der Waals surface area (Å²) >= 11 is 3.23. The molecule has 0 saturated carbocycles. The van der Waals surface area contributed by atoms with Crippen LogP contribution in [0.3, 0.4) is 0 Å². The van der Waals surface area contributed by atoms with Crippen LogP contribution in [0.4, 0.5) is 11.5 Å². The molecule has 0 atom stereocenters. The molecule has 1 aromatic heterocycles. The number of halogens is 1. The van der Waals surface area contributed by atoms with Gasteiger partial charge in [-0.3, -0.25) is 4.79 Å². The molecule has 0 aliphatic rings. The fourth-order valence-electron chi connectivity index (χ4n) is 1.42. The number of nitrogens with zero attached hydrogens (tertiary/aromatic N) is 3. The summed E-state index contributed by atoms with van der Waals surface area (Å²) in [6, 6.07) is 8.82. The molecule has 1 aromatic carbocycles. The van der Waals surface area contributed by atoms with Crippen LogP contribution in [0.1, 0.15) is 5.56 Å². The molecule has 1 N–H and O–H groups in total. The van der Waals surface area contributed by atoms with E-state index >= 15 is 0 Å². The largest absolute Gasteiger partial charge is 0.336 e. The van der Waals surface area contributed by atoms with Gasteiger partial charge in [0.15, 0.2) is 5.82 Å². The van der Waals surface area contributed by atoms with Gasteiger partial charge >= 0.3 is 0 Å². The van der Waals surface area contributed by atoms with Crippen molar-refractivity contribution in [2.24, 2.45) is 7.05 Å². The Balaban J connectivity index is 2.34. The van der Waals surface area contributed by atoms with E-state index in [1.54, 1.807) is 37.5 Å². The minimum absolute atomic E-state index is 0.220. The summed E-state index contributed by atoms with van der Waals surface area (Å²) in [5.41, 5.74) is 1.05. The summed E-state index contributed by atoms with van der Waals surface area (Å²) in [6.45, 7) is 0. The van der Waals surface area contributed by atoms with Crippen molar-refractivity contribution >= 4 is 27.4 Å². The van der Waals surface area contributed by atoms with Gasteiger partial charge in [-0.15, -0.1) is 0 Å². The second kappa shape index (κ2) is 5.02. The van der Waals surface area contributed by atoms with E-state index in [1.807, 2.05) is 6.07 Å². The average molecular weight is 305 g/mol. The van der Waals surface area contributed by atoms with Crippen molar-refractivity contribution in [2.45, 2.75) is 0 Å².